The standard InChI is InChI=1S/C15H32N2O2/c1-3-18-13-11-17(12-14-19-4-2)10-9-15(16)7-5-6-8-15/h3-14,16H2,1-2H3. The van der Waals surface area contributed by atoms with E-state index in [2.05, 4.69) is 4.90 Å². The van der Waals surface area contributed by atoms with Crippen molar-refractivity contribution in [3.05, 3.63) is 0 Å². The first-order valence-corrected chi connectivity index (χ1v) is 7.87. The highest BCUT2D eigenvalue weighted by Gasteiger charge is 2.29. The summed E-state index contributed by atoms with van der Waals surface area (Å²) in [5.41, 5.74) is 6.52. The monoisotopic (exact) mass is 272 g/mol. The van der Waals surface area contributed by atoms with E-state index in [4.69, 9.17) is 15.2 Å². The van der Waals surface area contributed by atoms with E-state index in [1.165, 1.54) is 25.7 Å². The van der Waals surface area contributed by atoms with Crippen LogP contribution in [0.2, 0.25) is 0 Å². The minimum absolute atomic E-state index is 0.0927. The normalized spacial score (nSPS) is 18.3. The van der Waals surface area contributed by atoms with Gasteiger partial charge in [-0.2, -0.15) is 0 Å². The summed E-state index contributed by atoms with van der Waals surface area (Å²) in [5.74, 6) is 0. The maximum Gasteiger partial charge on any atom is 0.0593 e. The number of hydrogen-bond donors (Lipinski definition) is 1. The van der Waals surface area contributed by atoms with Crippen LogP contribution in [0.5, 0.6) is 0 Å². The Kier molecular flexibility index (Phi) is 8.62. The Morgan fingerprint density at radius 2 is 1.47 bits per heavy atom. The Hall–Kier alpha value is -0.160. The van der Waals surface area contributed by atoms with E-state index < -0.39 is 0 Å². The summed E-state index contributed by atoms with van der Waals surface area (Å²) in [5, 5.41) is 0. The van der Waals surface area contributed by atoms with Gasteiger partial charge in [-0.15, -0.1) is 0 Å². The number of nitrogens with zero attached hydrogens (tertiary/aromatic N) is 1. The van der Waals surface area contributed by atoms with E-state index in [-0.39, 0.29) is 5.54 Å². The maximum absolute atomic E-state index is 6.43. The summed E-state index contributed by atoms with van der Waals surface area (Å²) in [7, 11) is 0. The van der Waals surface area contributed by atoms with Crippen LogP contribution in [0.15, 0.2) is 0 Å². The average Bonchev–Trinajstić information content (AvgIpc) is 2.83. The lowest BCUT2D eigenvalue weighted by Crippen LogP contribution is -2.42. The van der Waals surface area contributed by atoms with Gasteiger partial charge < -0.3 is 15.2 Å². The van der Waals surface area contributed by atoms with Gasteiger partial charge in [-0.05, 0) is 33.1 Å². The van der Waals surface area contributed by atoms with Gasteiger partial charge in [0.25, 0.3) is 0 Å². The molecular weight excluding hydrogens is 240 g/mol. The van der Waals surface area contributed by atoms with Crippen molar-refractivity contribution in [3.63, 3.8) is 0 Å². The average molecular weight is 272 g/mol. The Labute approximate surface area is 118 Å². The lowest BCUT2D eigenvalue weighted by atomic mass is 9.94. The zero-order valence-electron chi connectivity index (χ0n) is 12.8. The van der Waals surface area contributed by atoms with Crippen LogP contribution in [-0.2, 0) is 9.47 Å². The number of rotatable bonds is 11. The summed E-state index contributed by atoms with van der Waals surface area (Å²) in [6.07, 6.45) is 6.09. The Morgan fingerprint density at radius 3 is 1.95 bits per heavy atom. The van der Waals surface area contributed by atoms with E-state index in [1.807, 2.05) is 13.8 Å². The molecule has 1 aliphatic rings. The van der Waals surface area contributed by atoms with Crippen molar-refractivity contribution in [1.82, 2.24) is 4.90 Å². The van der Waals surface area contributed by atoms with Gasteiger partial charge in [-0.25, -0.2) is 0 Å². The van der Waals surface area contributed by atoms with Crippen LogP contribution in [0.4, 0.5) is 0 Å². The molecule has 0 aromatic heterocycles. The molecule has 0 atom stereocenters. The fourth-order valence-electron chi connectivity index (χ4n) is 2.72. The lowest BCUT2D eigenvalue weighted by molar-refractivity contribution is 0.0792. The van der Waals surface area contributed by atoms with Crippen molar-refractivity contribution in [1.29, 1.82) is 0 Å². The Balaban J connectivity index is 2.25. The molecule has 1 aliphatic carbocycles. The molecule has 1 fully saturated rings. The minimum Gasteiger partial charge on any atom is -0.380 e. The van der Waals surface area contributed by atoms with Crippen LogP contribution < -0.4 is 5.73 Å². The molecule has 0 amide bonds. The summed E-state index contributed by atoms with van der Waals surface area (Å²) >= 11 is 0. The molecule has 4 heteroatoms. The first kappa shape index (κ1) is 16.9. The van der Waals surface area contributed by atoms with Crippen LogP contribution >= 0.6 is 0 Å². The molecule has 1 rings (SSSR count). The molecule has 0 aromatic rings. The second-order valence-electron chi connectivity index (χ2n) is 5.55. The molecule has 0 unspecified atom stereocenters. The summed E-state index contributed by atoms with van der Waals surface area (Å²) in [6.45, 7) is 10.3. The van der Waals surface area contributed by atoms with E-state index in [0.29, 0.717) is 0 Å². The van der Waals surface area contributed by atoms with Gasteiger partial charge in [0, 0.05) is 38.4 Å². The molecular formula is C15H32N2O2. The summed E-state index contributed by atoms with van der Waals surface area (Å²) in [6, 6.07) is 0. The third kappa shape index (κ3) is 7.25. The predicted molar refractivity (Wildman–Crippen MR) is 79.4 cm³/mol. The van der Waals surface area contributed by atoms with Crippen LogP contribution in [0.25, 0.3) is 0 Å². The zero-order chi connectivity index (χ0) is 14.0. The van der Waals surface area contributed by atoms with Gasteiger partial charge in [0.2, 0.25) is 0 Å². The van der Waals surface area contributed by atoms with Crippen LogP contribution in [0.3, 0.4) is 0 Å². The van der Waals surface area contributed by atoms with Gasteiger partial charge in [-0.3, -0.25) is 4.90 Å². The highest BCUT2D eigenvalue weighted by Crippen LogP contribution is 2.30. The Bertz CT molecular complexity index is 208. The van der Waals surface area contributed by atoms with Gasteiger partial charge in [0.15, 0.2) is 0 Å². The first-order valence-electron chi connectivity index (χ1n) is 7.87. The Morgan fingerprint density at radius 1 is 0.947 bits per heavy atom. The van der Waals surface area contributed by atoms with Gasteiger partial charge >= 0.3 is 0 Å². The summed E-state index contributed by atoms with van der Waals surface area (Å²) in [4.78, 5) is 2.43. The number of nitrogens with two attached hydrogens (primary N) is 1. The molecule has 19 heavy (non-hydrogen) atoms. The quantitative estimate of drug-likeness (QED) is 0.585. The largest absolute Gasteiger partial charge is 0.380 e. The number of ether oxygens (including phenoxy) is 2. The van der Waals surface area contributed by atoms with Crippen LogP contribution in [-0.4, -0.2) is 56.5 Å². The number of hydrogen-bond acceptors (Lipinski definition) is 4. The van der Waals surface area contributed by atoms with Crippen molar-refractivity contribution >= 4 is 0 Å². The maximum atomic E-state index is 6.43. The van der Waals surface area contributed by atoms with E-state index in [9.17, 15) is 0 Å². The zero-order valence-corrected chi connectivity index (χ0v) is 12.8. The highest BCUT2D eigenvalue weighted by molar-refractivity contribution is 4.89. The molecule has 0 heterocycles. The third-order valence-electron chi connectivity index (χ3n) is 4.04. The second-order valence-corrected chi connectivity index (χ2v) is 5.55. The van der Waals surface area contributed by atoms with Crippen molar-refractivity contribution in [2.45, 2.75) is 51.5 Å². The van der Waals surface area contributed by atoms with Crippen molar-refractivity contribution in [3.8, 4) is 0 Å². The van der Waals surface area contributed by atoms with Gasteiger partial charge in [0.1, 0.15) is 0 Å². The molecule has 1 saturated carbocycles. The van der Waals surface area contributed by atoms with Crippen LogP contribution in [0.1, 0.15) is 46.0 Å². The van der Waals surface area contributed by atoms with Crippen molar-refractivity contribution in [2.24, 2.45) is 5.73 Å². The third-order valence-corrected chi connectivity index (χ3v) is 4.04. The molecule has 0 saturated heterocycles. The first-order chi connectivity index (χ1) is 9.20. The molecule has 2 N–H and O–H groups in total. The molecule has 4 nitrogen and oxygen atoms in total. The fraction of sp³-hybridized carbons (Fsp3) is 1.00. The molecule has 0 bridgehead atoms. The smallest absolute Gasteiger partial charge is 0.0593 e. The fourth-order valence-corrected chi connectivity index (χ4v) is 2.72. The van der Waals surface area contributed by atoms with Gasteiger partial charge in [-0.1, -0.05) is 12.8 Å². The van der Waals surface area contributed by atoms with E-state index in [0.717, 1.165) is 52.5 Å². The SMILES string of the molecule is CCOCCN(CCOCC)CCC1(N)CCCC1. The molecule has 114 valence electrons. The van der Waals surface area contributed by atoms with Crippen molar-refractivity contribution in [2.75, 3.05) is 46.1 Å². The molecule has 0 radical (unpaired) electrons. The molecule has 0 aliphatic heterocycles. The minimum atomic E-state index is 0.0927. The van der Waals surface area contributed by atoms with Crippen LogP contribution in [0, 0.1) is 0 Å². The van der Waals surface area contributed by atoms with E-state index >= 15 is 0 Å². The topological polar surface area (TPSA) is 47.7 Å². The van der Waals surface area contributed by atoms with Crippen molar-refractivity contribution < 1.29 is 9.47 Å². The van der Waals surface area contributed by atoms with E-state index in [1.54, 1.807) is 0 Å². The predicted octanol–water partition coefficient (Wildman–Crippen LogP) is 2.02. The highest BCUT2D eigenvalue weighted by atomic mass is 16.5. The summed E-state index contributed by atoms with van der Waals surface area (Å²) < 4.78 is 10.9. The second kappa shape index (κ2) is 9.70. The molecule has 0 aromatic carbocycles. The lowest BCUT2D eigenvalue weighted by Gasteiger charge is -2.29. The van der Waals surface area contributed by atoms with Gasteiger partial charge in [0.05, 0.1) is 13.2 Å². The molecule has 0 spiro atoms.